The Bertz CT molecular complexity index is 1210. The van der Waals surface area contributed by atoms with Gasteiger partial charge in [0.2, 0.25) is 11.8 Å². The predicted octanol–water partition coefficient (Wildman–Crippen LogP) is 5.70. The van der Waals surface area contributed by atoms with Crippen LogP contribution in [-0.4, -0.2) is 17.6 Å². The average Bonchev–Trinajstić information content (AvgIpc) is 3.13. The molecule has 1 fully saturated rings. The molecule has 1 heterocycles. The summed E-state index contributed by atoms with van der Waals surface area (Å²) >= 11 is 0. The SMILES string of the molecule is CC(C)CCC(=O)c1ccc(N2C(=O)[C@@H]3C4c5ccccc5C(c5ccccc54)[C@@H]3C2=O)cc1. The molecule has 2 atom stereocenters. The van der Waals surface area contributed by atoms with Gasteiger partial charge >= 0.3 is 0 Å². The normalized spacial score (nSPS) is 24.3. The van der Waals surface area contributed by atoms with Crippen LogP contribution in [0.2, 0.25) is 0 Å². The zero-order chi connectivity index (χ0) is 23.6. The Morgan fingerprint density at radius 2 is 1.18 bits per heavy atom. The van der Waals surface area contributed by atoms with Crippen LogP contribution in [0.1, 0.15) is 71.1 Å². The minimum atomic E-state index is -0.394. The first-order chi connectivity index (χ1) is 16.5. The van der Waals surface area contributed by atoms with Crippen molar-refractivity contribution in [1.29, 1.82) is 0 Å². The van der Waals surface area contributed by atoms with Crippen LogP contribution in [-0.2, 0) is 9.59 Å². The number of carbonyl (C=O) groups is 3. The highest BCUT2D eigenvalue weighted by Crippen LogP contribution is 2.61. The Balaban J connectivity index is 1.37. The van der Waals surface area contributed by atoms with Crippen LogP contribution in [0.3, 0.4) is 0 Å². The number of nitrogens with zero attached hydrogens (tertiary/aromatic N) is 1. The molecule has 4 nitrogen and oxygen atoms in total. The van der Waals surface area contributed by atoms with E-state index in [4.69, 9.17) is 0 Å². The molecule has 0 spiro atoms. The summed E-state index contributed by atoms with van der Waals surface area (Å²) in [6.07, 6.45) is 1.35. The van der Waals surface area contributed by atoms with E-state index in [-0.39, 0.29) is 29.4 Å². The summed E-state index contributed by atoms with van der Waals surface area (Å²) in [7, 11) is 0. The highest BCUT2D eigenvalue weighted by Gasteiger charge is 2.61. The fourth-order valence-corrected chi connectivity index (χ4v) is 6.29. The molecule has 0 N–H and O–H groups in total. The summed E-state index contributed by atoms with van der Waals surface area (Å²) in [5, 5.41) is 0. The lowest BCUT2D eigenvalue weighted by molar-refractivity contribution is -0.122. The van der Waals surface area contributed by atoms with Crippen LogP contribution >= 0.6 is 0 Å². The molecule has 7 rings (SSSR count). The maximum Gasteiger partial charge on any atom is 0.238 e. The lowest BCUT2D eigenvalue weighted by Crippen LogP contribution is -2.41. The minimum Gasteiger partial charge on any atom is -0.294 e. The lowest BCUT2D eigenvalue weighted by Gasteiger charge is -2.45. The zero-order valence-electron chi connectivity index (χ0n) is 19.4. The van der Waals surface area contributed by atoms with Gasteiger partial charge in [-0.05, 0) is 58.9 Å². The highest BCUT2D eigenvalue weighted by molar-refractivity contribution is 6.23. The maximum atomic E-state index is 13.8. The summed E-state index contributed by atoms with van der Waals surface area (Å²) in [5.74, 6) is -0.710. The summed E-state index contributed by atoms with van der Waals surface area (Å²) in [6.45, 7) is 4.20. The van der Waals surface area contributed by atoms with Crippen molar-refractivity contribution >= 4 is 23.3 Å². The molecular formula is C30H27NO3. The first-order valence-electron chi connectivity index (χ1n) is 12.2. The number of rotatable bonds is 5. The number of benzene rings is 3. The molecule has 0 aromatic heterocycles. The van der Waals surface area contributed by atoms with Crippen molar-refractivity contribution in [2.24, 2.45) is 17.8 Å². The van der Waals surface area contributed by atoms with Gasteiger partial charge < -0.3 is 0 Å². The molecule has 170 valence electrons. The number of anilines is 1. The quantitative estimate of drug-likeness (QED) is 0.371. The standard InChI is InChI=1S/C30H27NO3/c1-17(2)11-16-24(32)18-12-14-19(15-13-18)31-29(33)27-25-20-7-3-4-8-21(20)26(28(27)30(31)34)23-10-6-5-9-22(23)25/h3-10,12-15,17,25-28H,11,16H2,1-2H3/t25?,26?,27-,28+. The Hall–Kier alpha value is -3.53. The van der Waals surface area contributed by atoms with Crippen LogP contribution in [0, 0.1) is 17.8 Å². The maximum absolute atomic E-state index is 13.8. The second-order valence-electron chi connectivity index (χ2n) is 10.2. The summed E-state index contributed by atoms with van der Waals surface area (Å²) in [6, 6.07) is 23.5. The molecule has 34 heavy (non-hydrogen) atoms. The molecule has 3 aromatic rings. The van der Waals surface area contributed by atoms with Crippen LogP contribution in [0.25, 0.3) is 0 Å². The Labute approximate surface area is 199 Å². The van der Waals surface area contributed by atoms with Crippen molar-refractivity contribution in [2.45, 2.75) is 38.5 Å². The van der Waals surface area contributed by atoms with E-state index in [0.717, 1.165) is 6.42 Å². The van der Waals surface area contributed by atoms with Gasteiger partial charge in [-0.25, -0.2) is 4.90 Å². The van der Waals surface area contributed by atoms with Crippen LogP contribution < -0.4 is 4.90 Å². The largest absolute Gasteiger partial charge is 0.294 e. The molecule has 0 unspecified atom stereocenters. The van der Waals surface area contributed by atoms with Crippen LogP contribution in [0.15, 0.2) is 72.8 Å². The third-order valence-electron chi connectivity index (χ3n) is 7.84. The molecular weight excluding hydrogens is 422 g/mol. The van der Waals surface area contributed by atoms with Gasteiger partial charge in [0, 0.05) is 23.8 Å². The number of carbonyl (C=O) groups excluding carboxylic acids is 3. The molecule has 0 radical (unpaired) electrons. The van der Waals surface area contributed by atoms with Crippen molar-refractivity contribution in [3.63, 3.8) is 0 Å². The Kier molecular flexibility index (Phi) is 4.80. The van der Waals surface area contributed by atoms with Crippen molar-refractivity contribution in [3.8, 4) is 0 Å². The van der Waals surface area contributed by atoms with Gasteiger partial charge in [-0.3, -0.25) is 14.4 Å². The van der Waals surface area contributed by atoms with Gasteiger partial charge in [0.1, 0.15) is 0 Å². The van der Waals surface area contributed by atoms with Crippen molar-refractivity contribution in [3.05, 3.63) is 101 Å². The first kappa shape index (κ1) is 21.0. The second kappa shape index (κ2) is 7.76. The van der Waals surface area contributed by atoms with E-state index < -0.39 is 11.8 Å². The molecule has 3 aromatic carbocycles. The molecule has 1 saturated heterocycles. The van der Waals surface area contributed by atoms with E-state index in [1.54, 1.807) is 24.3 Å². The van der Waals surface area contributed by atoms with Gasteiger partial charge in [0.25, 0.3) is 0 Å². The topological polar surface area (TPSA) is 54.5 Å². The third kappa shape index (κ3) is 2.94. The molecule has 2 bridgehead atoms. The predicted molar refractivity (Wildman–Crippen MR) is 131 cm³/mol. The monoisotopic (exact) mass is 449 g/mol. The summed E-state index contributed by atoms with van der Waals surface area (Å²) in [5.41, 5.74) is 5.85. The molecule has 3 aliphatic carbocycles. The van der Waals surface area contributed by atoms with Crippen molar-refractivity contribution in [1.82, 2.24) is 0 Å². The second-order valence-corrected chi connectivity index (χ2v) is 10.2. The highest BCUT2D eigenvalue weighted by atomic mass is 16.2. The van der Waals surface area contributed by atoms with Crippen LogP contribution in [0.5, 0.6) is 0 Å². The number of hydrogen-bond donors (Lipinski definition) is 0. The number of imide groups is 1. The van der Waals surface area contributed by atoms with Crippen molar-refractivity contribution < 1.29 is 14.4 Å². The average molecular weight is 450 g/mol. The zero-order valence-corrected chi connectivity index (χ0v) is 19.4. The fraction of sp³-hybridized carbons (Fsp3) is 0.300. The molecule has 4 heteroatoms. The summed E-state index contributed by atoms with van der Waals surface area (Å²) in [4.78, 5) is 41.5. The Morgan fingerprint density at radius 3 is 1.59 bits per heavy atom. The molecule has 1 aliphatic heterocycles. The number of Topliss-reactive ketones (excluding diaryl/α,β-unsaturated/α-hetero) is 1. The fourth-order valence-electron chi connectivity index (χ4n) is 6.29. The van der Waals surface area contributed by atoms with Gasteiger partial charge in [-0.15, -0.1) is 0 Å². The number of hydrogen-bond acceptors (Lipinski definition) is 3. The number of ketones is 1. The minimum absolute atomic E-state index is 0.0944. The van der Waals surface area contributed by atoms with E-state index in [0.29, 0.717) is 23.6 Å². The molecule has 0 saturated carbocycles. The van der Waals surface area contributed by atoms with Crippen molar-refractivity contribution in [2.75, 3.05) is 4.90 Å². The lowest BCUT2D eigenvalue weighted by atomic mass is 9.55. The van der Waals surface area contributed by atoms with Gasteiger partial charge in [-0.1, -0.05) is 62.4 Å². The molecule has 4 aliphatic rings. The van der Waals surface area contributed by atoms with Gasteiger partial charge in [-0.2, -0.15) is 0 Å². The van der Waals surface area contributed by atoms with E-state index in [2.05, 4.69) is 38.1 Å². The first-order valence-corrected chi connectivity index (χ1v) is 12.2. The summed E-state index contributed by atoms with van der Waals surface area (Å²) < 4.78 is 0. The third-order valence-corrected chi connectivity index (χ3v) is 7.84. The number of amides is 2. The Morgan fingerprint density at radius 1 is 0.735 bits per heavy atom. The van der Waals surface area contributed by atoms with Gasteiger partial charge in [0.15, 0.2) is 5.78 Å². The smallest absolute Gasteiger partial charge is 0.238 e. The van der Waals surface area contributed by atoms with E-state index in [1.807, 2.05) is 24.3 Å². The van der Waals surface area contributed by atoms with Gasteiger partial charge in [0.05, 0.1) is 17.5 Å². The van der Waals surface area contributed by atoms with Crippen LogP contribution in [0.4, 0.5) is 5.69 Å². The molecule has 2 amide bonds. The van der Waals surface area contributed by atoms with E-state index in [1.165, 1.54) is 27.2 Å². The van der Waals surface area contributed by atoms with E-state index in [9.17, 15) is 14.4 Å². The van der Waals surface area contributed by atoms with E-state index >= 15 is 0 Å².